The van der Waals surface area contributed by atoms with Gasteiger partial charge in [0, 0.05) is 18.2 Å². The number of oxazole rings is 1. The van der Waals surface area contributed by atoms with Crippen LogP contribution in [0.5, 0.6) is 5.75 Å². The van der Waals surface area contributed by atoms with Crippen LogP contribution >= 0.6 is 0 Å². The molecule has 5 nitrogen and oxygen atoms in total. The van der Waals surface area contributed by atoms with E-state index < -0.39 is 15.7 Å². The van der Waals surface area contributed by atoms with Crippen LogP contribution in [0.4, 0.5) is 4.39 Å². The van der Waals surface area contributed by atoms with E-state index in [0.29, 0.717) is 34.9 Å². The van der Waals surface area contributed by atoms with Gasteiger partial charge in [0.1, 0.15) is 5.69 Å². The lowest BCUT2D eigenvalue weighted by Gasteiger charge is -2.08. The Balaban J connectivity index is 1.86. The lowest BCUT2D eigenvalue weighted by atomic mass is 10.0. The number of methoxy groups -OCH3 is 1. The summed E-state index contributed by atoms with van der Waals surface area (Å²) in [6.07, 6.45) is 1.60. The molecular formula is C24H20FNO4S. The number of para-hydroxylation sites is 1. The van der Waals surface area contributed by atoms with E-state index in [-0.39, 0.29) is 10.6 Å². The minimum atomic E-state index is -3.33. The van der Waals surface area contributed by atoms with Crippen molar-refractivity contribution < 1.29 is 22.0 Å². The van der Waals surface area contributed by atoms with Crippen molar-refractivity contribution in [3.05, 3.63) is 90.1 Å². The lowest BCUT2D eigenvalue weighted by Crippen LogP contribution is -1.96. The Bertz CT molecular complexity index is 1310. The van der Waals surface area contributed by atoms with E-state index in [9.17, 15) is 12.8 Å². The molecule has 0 aliphatic carbocycles. The predicted octanol–water partition coefficient (Wildman–Crippen LogP) is 5.15. The summed E-state index contributed by atoms with van der Waals surface area (Å²) in [7, 11) is -1.94. The van der Waals surface area contributed by atoms with Gasteiger partial charge in [-0.15, -0.1) is 0 Å². The first-order valence-corrected chi connectivity index (χ1v) is 11.4. The van der Waals surface area contributed by atoms with Crippen molar-refractivity contribution in [3.63, 3.8) is 0 Å². The quantitative estimate of drug-likeness (QED) is 0.417. The lowest BCUT2D eigenvalue weighted by molar-refractivity contribution is 0.386. The van der Waals surface area contributed by atoms with Crippen LogP contribution in [0.2, 0.25) is 0 Å². The monoisotopic (exact) mass is 437 g/mol. The van der Waals surface area contributed by atoms with Gasteiger partial charge in [0.2, 0.25) is 0 Å². The van der Waals surface area contributed by atoms with Gasteiger partial charge >= 0.3 is 0 Å². The Kier molecular flexibility index (Phi) is 5.61. The summed E-state index contributed by atoms with van der Waals surface area (Å²) in [5.74, 6) is 0.349. The van der Waals surface area contributed by atoms with Gasteiger partial charge in [-0.1, -0.05) is 48.5 Å². The molecule has 4 aromatic rings. The molecule has 0 saturated heterocycles. The molecule has 3 aromatic carbocycles. The summed E-state index contributed by atoms with van der Waals surface area (Å²) >= 11 is 0. The Labute approximate surface area is 180 Å². The van der Waals surface area contributed by atoms with Gasteiger partial charge in [0.15, 0.2) is 33.1 Å². The van der Waals surface area contributed by atoms with Crippen molar-refractivity contribution in [1.29, 1.82) is 0 Å². The summed E-state index contributed by atoms with van der Waals surface area (Å²) in [5.41, 5.74) is 2.57. The molecule has 0 unspecified atom stereocenters. The molecule has 0 fully saturated rings. The van der Waals surface area contributed by atoms with Gasteiger partial charge in [-0.2, -0.15) is 0 Å². The van der Waals surface area contributed by atoms with Crippen LogP contribution in [0, 0.1) is 5.82 Å². The fourth-order valence-corrected chi connectivity index (χ4v) is 3.97. The van der Waals surface area contributed by atoms with Gasteiger partial charge in [-0.25, -0.2) is 17.8 Å². The molecule has 0 atom stereocenters. The van der Waals surface area contributed by atoms with Crippen molar-refractivity contribution in [2.45, 2.75) is 11.3 Å². The third kappa shape index (κ3) is 4.36. The van der Waals surface area contributed by atoms with Gasteiger partial charge in [0.25, 0.3) is 0 Å². The Morgan fingerprint density at radius 3 is 2.32 bits per heavy atom. The van der Waals surface area contributed by atoms with E-state index in [1.54, 1.807) is 24.3 Å². The fourth-order valence-electron chi connectivity index (χ4n) is 3.34. The number of aromatic nitrogens is 1. The zero-order valence-electron chi connectivity index (χ0n) is 17.0. The number of rotatable bonds is 6. The maximum absolute atomic E-state index is 14.4. The zero-order chi connectivity index (χ0) is 22.0. The SMILES string of the molecule is COc1c(F)cccc1-c1oc(Cc2ccccc2)nc1-c1ccc(S(C)(=O)=O)cc1. The van der Waals surface area contributed by atoms with Gasteiger partial charge in [-0.3, -0.25) is 0 Å². The molecule has 0 N–H and O–H groups in total. The van der Waals surface area contributed by atoms with Crippen molar-refractivity contribution in [3.8, 4) is 28.3 Å². The number of benzene rings is 3. The first-order valence-electron chi connectivity index (χ1n) is 9.54. The molecule has 0 amide bonds. The standard InChI is InChI=1S/C24H20FNO4S/c1-29-23-19(9-6-10-20(23)25)24-22(17-11-13-18(14-12-17)31(2,27)28)26-21(30-24)15-16-7-4-3-5-8-16/h3-14H,15H2,1-2H3. The van der Waals surface area contributed by atoms with Crippen molar-refractivity contribution in [2.24, 2.45) is 0 Å². The second-order valence-corrected chi connectivity index (χ2v) is 9.08. The van der Waals surface area contributed by atoms with Crippen molar-refractivity contribution >= 4 is 9.84 Å². The molecule has 7 heteroatoms. The fraction of sp³-hybridized carbons (Fsp3) is 0.125. The molecule has 0 bridgehead atoms. The second-order valence-electron chi connectivity index (χ2n) is 7.06. The summed E-state index contributed by atoms with van der Waals surface area (Å²) < 4.78 is 49.3. The highest BCUT2D eigenvalue weighted by molar-refractivity contribution is 7.90. The highest BCUT2D eigenvalue weighted by Gasteiger charge is 2.22. The normalized spacial score (nSPS) is 11.5. The molecule has 31 heavy (non-hydrogen) atoms. The molecule has 0 saturated carbocycles. The van der Waals surface area contributed by atoms with Crippen LogP contribution in [0.15, 0.2) is 82.1 Å². The number of halogens is 1. The van der Waals surface area contributed by atoms with E-state index in [1.165, 1.54) is 25.3 Å². The predicted molar refractivity (Wildman–Crippen MR) is 116 cm³/mol. The topological polar surface area (TPSA) is 69.4 Å². The van der Waals surface area contributed by atoms with Crippen LogP contribution in [0.3, 0.4) is 0 Å². The van der Waals surface area contributed by atoms with Crippen LogP contribution in [0.1, 0.15) is 11.5 Å². The van der Waals surface area contributed by atoms with E-state index in [1.807, 2.05) is 30.3 Å². The largest absolute Gasteiger partial charge is 0.493 e. The molecule has 0 aliphatic rings. The third-order valence-corrected chi connectivity index (χ3v) is 5.97. The first-order chi connectivity index (χ1) is 14.9. The Hall–Kier alpha value is -3.45. The molecule has 0 aliphatic heterocycles. The molecule has 0 radical (unpaired) electrons. The van der Waals surface area contributed by atoms with E-state index in [4.69, 9.17) is 9.15 Å². The van der Waals surface area contributed by atoms with Gasteiger partial charge in [0.05, 0.1) is 17.6 Å². The van der Waals surface area contributed by atoms with Crippen LogP contribution in [-0.4, -0.2) is 26.8 Å². The van der Waals surface area contributed by atoms with Crippen molar-refractivity contribution in [1.82, 2.24) is 4.98 Å². The summed E-state index contributed by atoms with van der Waals surface area (Å²) in [4.78, 5) is 4.86. The van der Waals surface area contributed by atoms with Crippen LogP contribution in [-0.2, 0) is 16.3 Å². The molecule has 158 valence electrons. The number of sulfone groups is 1. The smallest absolute Gasteiger partial charge is 0.199 e. The zero-order valence-corrected chi connectivity index (χ0v) is 17.8. The van der Waals surface area contributed by atoms with E-state index in [2.05, 4.69) is 4.98 Å². The third-order valence-electron chi connectivity index (χ3n) is 4.84. The van der Waals surface area contributed by atoms with E-state index in [0.717, 1.165) is 11.8 Å². The average Bonchev–Trinajstić information content (AvgIpc) is 3.17. The number of ether oxygens (including phenoxy) is 1. The van der Waals surface area contributed by atoms with Gasteiger partial charge < -0.3 is 9.15 Å². The molecular weight excluding hydrogens is 417 g/mol. The number of hydrogen-bond donors (Lipinski definition) is 0. The maximum Gasteiger partial charge on any atom is 0.199 e. The van der Waals surface area contributed by atoms with Crippen LogP contribution < -0.4 is 4.74 Å². The molecule has 1 aromatic heterocycles. The summed E-state index contributed by atoms with van der Waals surface area (Å²) in [5, 5.41) is 0. The minimum Gasteiger partial charge on any atom is -0.493 e. The average molecular weight is 437 g/mol. The van der Waals surface area contributed by atoms with Crippen LogP contribution in [0.25, 0.3) is 22.6 Å². The van der Waals surface area contributed by atoms with Crippen molar-refractivity contribution in [2.75, 3.05) is 13.4 Å². The highest BCUT2D eigenvalue weighted by Crippen LogP contribution is 2.39. The Morgan fingerprint density at radius 2 is 1.68 bits per heavy atom. The second kappa shape index (κ2) is 8.35. The van der Waals surface area contributed by atoms with Gasteiger partial charge in [-0.05, 0) is 29.8 Å². The number of hydrogen-bond acceptors (Lipinski definition) is 5. The minimum absolute atomic E-state index is 0.0546. The molecule has 4 rings (SSSR count). The first kappa shape index (κ1) is 20.8. The van der Waals surface area contributed by atoms with E-state index >= 15 is 0 Å². The molecule has 1 heterocycles. The maximum atomic E-state index is 14.4. The summed E-state index contributed by atoms with van der Waals surface area (Å²) in [6, 6.07) is 20.7. The summed E-state index contributed by atoms with van der Waals surface area (Å²) in [6.45, 7) is 0. The molecule has 0 spiro atoms. The Morgan fingerprint density at radius 1 is 0.968 bits per heavy atom. The highest BCUT2D eigenvalue weighted by atomic mass is 32.2. The number of nitrogens with zero attached hydrogens (tertiary/aromatic N) is 1.